The van der Waals surface area contributed by atoms with Gasteiger partial charge in [-0.05, 0) is 39.4 Å². The maximum Gasteiger partial charge on any atom is 0.151 e. The molecule has 2 aromatic rings. The molecule has 0 saturated carbocycles. The van der Waals surface area contributed by atoms with Gasteiger partial charge in [0, 0.05) is 13.6 Å². The molecule has 0 bridgehead atoms. The summed E-state index contributed by atoms with van der Waals surface area (Å²) in [7, 11) is 0. The van der Waals surface area contributed by atoms with Gasteiger partial charge in [0.2, 0.25) is 0 Å². The topological polar surface area (TPSA) is 17.1 Å². The maximum atomic E-state index is 10.9. The first kappa shape index (κ1) is 10.1. The van der Waals surface area contributed by atoms with Crippen molar-refractivity contribution in [2.75, 3.05) is 0 Å². The van der Waals surface area contributed by atoms with Crippen molar-refractivity contribution < 1.29 is 4.79 Å². The van der Waals surface area contributed by atoms with Crippen molar-refractivity contribution in [2.24, 2.45) is 0 Å². The van der Waals surface area contributed by atoms with Crippen molar-refractivity contribution in [2.45, 2.75) is 0 Å². The molecular weight excluding hydrogens is 355 g/mol. The number of carbonyl (C=O) groups excluding carboxylic acids is 1. The van der Waals surface area contributed by atoms with Gasteiger partial charge in [-0.1, -0.05) is 40.2 Å². The molecule has 0 heterocycles. The van der Waals surface area contributed by atoms with E-state index in [0.29, 0.717) is 0 Å². The molecule has 3 heteroatoms. The summed E-state index contributed by atoms with van der Waals surface area (Å²) in [6, 6.07) is 9.84. The van der Waals surface area contributed by atoms with Gasteiger partial charge >= 0.3 is 0 Å². The van der Waals surface area contributed by atoms with Crippen LogP contribution in [-0.2, 0) is 0 Å². The molecule has 0 saturated heterocycles. The third-order valence-corrected chi connectivity index (χ3v) is 3.65. The highest BCUT2D eigenvalue weighted by atomic mass is 127. The first-order valence-electron chi connectivity index (χ1n) is 4.06. The Kier molecular flexibility index (Phi) is 2.88. The molecule has 14 heavy (non-hydrogen) atoms. The standard InChI is InChI=1S/C11H6BrIO/c12-10-5-11(13)9(6-14)7-3-1-2-4-8(7)10/h1-6H. The van der Waals surface area contributed by atoms with Crippen LogP contribution in [0.15, 0.2) is 34.8 Å². The van der Waals surface area contributed by atoms with Gasteiger partial charge in [0.05, 0.1) is 0 Å². The van der Waals surface area contributed by atoms with Gasteiger partial charge in [0.15, 0.2) is 6.29 Å². The highest BCUT2D eigenvalue weighted by Crippen LogP contribution is 2.29. The molecule has 2 rings (SSSR count). The van der Waals surface area contributed by atoms with E-state index < -0.39 is 0 Å². The number of fused-ring (bicyclic) bond motifs is 1. The van der Waals surface area contributed by atoms with Crippen LogP contribution < -0.4 is 0 Å². The Morgan fingerprint density at radius 1 is 1.21 bits per heavy atom. The van der Waals surface area contributed by atoms with Crippen LogP contribution in [0.3, 0.4) is 0 Å². The quantitative estimate of drug-likeness (QED) is 0.554. The summed E-state index contributed by atoms with van der Waals surface area (Å²) in [4.78, 5) is 10.9. The third kappa shape index (κ3) is 1.59. The van der Waals surface area contributed by atoms with Crippen LogP contribution in [0, 0.1) is 3.57 Å². The molecule has 70 valence electrons. The van der Waals surface area contributed by atoms with E-state index in [1.165, 1.54) is 0 Å². The fourth-order valence-corrected chi connectivity index (χ4v) is 3.17. The van der Waals surface area contributed by atoms with Crippen molar-refractivity contribution in [3.63, 3.8) is 0 Å². The van der Waals surface area contributed by atoms with E-state index in [1.54, 1.807) is 0 Å². The number of halogens is 2. The number of hydrogen-bond donors (Lipinski definition) is 0. The molecule has 0 aromatic heterocycles. The average molecular weight is 361 g/mol. The first-order valence-corrected chi connectivity index (χ1v) is 5.93. The van der Waals surface area contributed by atoms with Crippen LogP contribution >= 0.6 is 38.5 Å². The van der Waals surface area contributed by atoms with Gasteiger partial charge in [-0.25, -0.2) is 0 Å². The van der Waals surface area contributed by atoms with Gasteiger partial charge in [-0.3, -0.25) is 4.79 Å². The van der Waals surface area contributed by atoms with Crippen molar-refractivity contribution >= 4 is 55.6 Å². The highest BCUT2D eigenvalue weighted by Gasteiger charge is 2.07. The molecule has 0 amide bonds. The Hall–Kier alpha value is -0.420. The summed E-state index contributed by atoms with van der Waals surface area (Å²) in [6.45, 7) is 0. The number of aldehydes is 1. The molecule has 2 aromatic carbocycles. The lowest BCUT2D eigenvalue weighted by Crippen LogP contribution is -1.89. The maximum absolute atomic E-state index is 10.9. The number of carbonyl (C=O) groups is 1. The van der Waals surface area contributed by atoms with E-state index in [9.17, 15) is 4.79 Å². The summed E-state index contributed by atoms with van der Waals surface area (Å²) in [5, 5.41) is 2.08. The first-order chi connectivity index (χ1) is 6.74. The zero-order valence-corrected chi connectivity index (χ0v) is 10.9. The Bertz CT molecular complexity index is 508. The second-order valence-corrected chi connectivity index (χ2v) is 4.93. The molecular formula is C11H6BrIO. The third-order valence-electron chi connectivity index (χ3n) is 2.10. The second kappa shape index (κ2) is 3.98. The Balaban J connectivity index is 2.97. The second-order valence-electron chi connectivity index (χ2n) is 2.92. The molecule has 0 radical (unpaired) electrons. The Morgan fingerprint density at radius 2 is 1.86 bits per heavy atom. The minimum Gasteiger partial charge on any atom is -0.298 e. The van der Waals surface area contributed by atoms with Crippen molar-refractivity contribution in [3.05, 3.63) is 43.9 Å². The molecule has 0 aliphatic rings. The summed E-state index contributed by atoms with van der Waals surface area (Å²) in [5.74, 6) is 0. The number of benzene rings is 2. The van der Waals surface area contributed by atoms with Crippen LogP contribution in [-0.4, -0.2) is 6.29 Å². The zero-order chi connectivity index (χ0) is 10.1. The van der Waals surface area contributed by atoms with E-state index in [2.05, 4.69) is 38.5 Å². The normalized spacial score (nSPS) is 10.4. The lowest BCUT2D eigenvalue weighted by atomic mass is 10.1. The van der Waals surface area contributed by atoms with Crippen LogP contribution in [0.1, 0.15) is 10.4 Å². The summed E-state index contributed by atoms with van der Waals surface area (Å²) in [5.41, 5.74) is 0.768. The van der Waals surface area contributed by atoms with Crippen molar-refractivity contribution in [3.8, 4) is 0 Å². The summed E-state index contributed by atoms with van der Waals surface area (Å²) >= 11 is 5.66. The van der Waals surface area contributed by atoms with E-state index >= 15 is 0 Å². The van der Waals surface area contributed by atoms with E-state index in [0.717, 1.165) is 30.7 Å². The lowest BCUT2D eigenvalue weighted by molar-refractivity contribution is 0.112. The van der Waals surface area contributed by atoms with Crippen LogP contribution in [0.2, 0.25) is 0 Å². The molecule has 0 unspecified atom stereocenters. The molecule has 0 N–H and O–H groups in total. The van der Waals surface area contributed by atoms with E-state index in [1.807, 2.05) is 30.3 Å². The fourth-order valence-electron chi connectivity index (χ4n) is 1.44. The van der Waals surface area contributed by atoms with Gasteiger partial charge in [0.25, 0.3) is 0 Å². The number of rotatable bonds is 1. The van der Waals surface area contributed by atoms with Crippen molar-refractivity contribution in [1.29, 1.82) is 0 Å². The Morgan fingerprint density at radius 3 is 2.50 bits per heavy atom. The predicted octanol–water partition coefficient (Wildman–Crippen LogP) is 4.02. The predicted molar refractivity (Wildman–Crippen MR) is 69.8 cm³/mol. The SMILES string of the molecule is O=Cc1c(I)cc(Br)c2ccccc12. The summed E-state index contributed by atoms with van der Waals surface area (Å²) in [6.07, 6.45) is 0.913. The molecule has 0 spiro atoms. The largest absolute Gasteiger partial charge is 0.298 e. The minimum atomic E-state index is 0.768. The minimum absolute atomic E-state index is 0.768. The van der Waals surface area contributed by atoms with Crippen LogP contribution in [0.5, 0.6) is 0 Å². The van der Waals surface area contributed by atoms with Gasteiger partial charge in [-0.2, -0.15) is 0 Å². The smallest absolute Gasteiger partial charge is 0.151 e. The van der Waals surface area contributed by atoms with E-state index in [4.69, 9.17) is 0 Å². The Labute approximate surface area is 104 Å². The molecule has 0 aliphatic heterocycles. The van der Waals surface area contributed by atoms with E-state index in [-0.39, 0.29) is 0 Å². The summed E-state index contributed by atoms with van der Waals surface area (Å²) < 4.78 is 2.01. The molecule has 0 fully saturated rings. The highest BCUT2D eigenvalue weighted by molar-refractivity contribution is 14.1. The van der Waals surface area contributed by atoms with Crippen molar-refractivity contribution in [1.82, 2.24) is 0 Å². The van der Waals surface area contributed by atoms with Gasteiger partial charge < -0.3 is 0 Å². The van der Waals surface area contributed by atoms with Gasteiger partial charge in [0.1, 0.15) is 0 Å². The molecule has 1 nitrogen and oxygen atoms in total. The van der Waals surface area contributed by atoms with Crippen LogP contribution in [0.25, 0.3) is 10.8 Å². The number of hydrogen-bond acceptors (Lipinski definition) is 1. The zero-order valence-electron chi connectivity index (χ0n) is 7.13. The molecule has 0 aliphatic carbocycles. The average Bonchev–Trinajstić information content (AvgIpc) is 2.18. The van der Waals surface area contributed by atoms with Gasteiger partial charge in [-0.15, -0.1) is 0 Å². The fraction of sp³-hybridized carbons (Fsp3) is 0. The monoisotopic (exact) mass is 360 g/mol. The molecule has 0 atom stereocenters. The lowest BCUT2D eigenvalue weighted by Gasteiger charge is -2.05. The van der Waals surface area contributed by atoms with Crippen LogP contribution in [0.4, 0.5) is 0 Å².